The van der Waals surface area contributed by atoms with Crippen molar-refractivity contribution in [3.05, 3.63) is 65.5 Å². The van der Waals surface area contributed by atoms with Crippen molar-refractivity contribution in [2.45, 2.75) is 6.54 Å². The van der Waals surface area contributed by atoms with Gasteiger partial charge < -0.3 is 9.64 Å². The average molecular weight is 284 g/mol. The zero-order valence-corrected chi connectivity index (χ0v) is 11.9. The quantitative estimate of drug-likeness (QED) is 0.807. The molecule has 0 saturated heterocycles. The number of hydrogen-bond donors (Lipinski definition) is 0. The molecule has 0 atom stereocenters. The normalized spacial score (nSPS) is 10.0. The molecule has 0 aliphatic heterocycles. The van der Waals surface area contributed by atoms with E-state index in [1.54, 1.807) is 60.7 Å². The van der Waals surface area contributed by atoms with Crippen LogP contribution in [0.5, 0.6) is 0 Å². The number of nitrogens with zero attached hydrogens (tertiary/aromatic N) is 2. The van der Waals surface area contributed by atoms with Crippen molar-refractivity contribution in [1.82, 2.24) is 9.88 Å². The summed E-state index contributed by atoms with van der Waals surface area (Å²) in [5.41, 5.74) is 1.97. The van der Waals surface area contributed by atoms with Crippen molar-refractivity contribution < 1.29 is 14.3 Å². The number of amides is 1. The number of esters is 1. The van der Waals surface area contributed by atoms with Gasteiger partial charge in [0.15, 0.2) is 0 Å². The third-order valence-corrected chi connectivity index (χ3v) is 3.05. The molecule has 1 aromatic heterocycles. The summed E-state index contributed by atoms with van der Waals surface area (Å²) in [7, 11) is 3.07. The van der Waals surface area contributed by atoms with Gasteiger partial charge in [0.25, 0.3) is 5.91 Å². The van der Waals surface area contributed by atoms with Gasteiger partial charge in [-0.25, -0.2) is 4.79 Å². The molecule has 0 aliphatic rings. The number of aromatic nitrogens is 1. The van der Waals surface area contributed by atoms with Crippen molar-refractivity contribution in [1.29, 1.82) is 0 Å². The van der Waals surface area contributed by atoms with E-state index in [0.29, 0.717) is 17.7 Å². The number of methoxy groups -OCH3 is 1. The number of ether oxygens (including phenoxy) is 1. The Balaban J connectivity index is 2.04. The molecule has 0 aliphatic carbocycles. The molecule has 0 spiro atoms. The number of benzene rings is 1. The van der Waals surface area contributed by atoms with E-state index in [2.05, 4.69) is 9.72 Å². The summed E-state index contributed by atoms with van der Waals surface area (Å²) in [5, 5.41) is 0. The Kier molecular flexibility index (Phi) is 4.66. The van der Waals surface area contributed by atoms with Crippen molar-refractivity contribution in [3.63, 3.8) is 0 Å². The number of hydrogen-bond acceptors (Lipinski definition) is 4. The molecule has 21 heavy (non-hydrogen) atoms. The number of rotatable bonds is 4. The van der Waals surface area contributed by atoms with Gasteiger partial charge in [0.05, 0.1) is 18.2 Å². The van der Waals surface area contributed by atoms with Crippen LogP contribution in [-0.4, -0.2) is 35.9 Å². The van der Waals surface area contributed by atoms with Crippen LogP contribution in [0, 0.1) is 0 Å². The van der Waals surface area contributed by atoms with E-state index in [4.69, 9.17) is 0 Å². The van der Waals surface area contributed by atoms with Gasteiger partial charge in [0, 0.05) is 26.0 Å². The Bertz CT molecular complexity index is 624. The zero-order chi connectivity index (χ0) is 15.2. The highest BCUT2D eigenvalue weighted by Gasteiger charge is 2.12. The number of carbonyl (C=O) groups is 2. The minimum atomic E-state index is -0.374. The Morgan fingerprint density at radius 1 is 1.14 bits per heavy atom. The molecule has 0 N–H and O–H groups in total. The van der Waals surface area contributed by atoms with Gasteiger partial charge in [0.2, 0.25) is 0 Å². The third kappa shape index (κ3) is 3.66. The highest BCUT2D eigenvalue weighted by Crippen LogP contribution is 2.10. The summed E-state index contributed by atoms with van der Waals surface area (Å²) < 4.78 is 4.64. The van der Waals surface area contributed by atoms with Gasteiger partial charge in [-0.1, -0.05) is 12.1 Å². The molecule has 0 saturated carbocycles. The van der Waals surface area contributed by atoms with Crippen LogP contribution in [0.3, 0.4) is 0 Å². The molecule has 108 valence electrons. The Hall–Kier alpha value is -2.69. The molecule has 0 fully saturated rings. The van der Waals surface area contributed by atoms with Crippen LogP contribution >= 0.6 is 0 Å². The van der Waals surface area contributed by atoms with E-state index in [9.17, 15) is 9.59 Å². The van der Waals surface area contributed by atoms with Gasteiger partial charge in [-0.15, -0.1) is 0 Å². The van der Waals surface area contributed by atoms with Crippen LogP contribution in [0.25, 0.3) is 0 Å². The fraction of sp³-hybridized carbons (Fsp3) is 0.188. The predicted octanol–water partition coefficient (Wildman–Crippen LogP) is 2.14. The Morgan fingerprint density at radius 2 is 1.86 bits per heavy atom. The first-order valence-corrected chi connectivity index (χ1v) is 6.44. The van der Waals surface area contributed by atoms with Crippen LogP contribution in [0.2, 0.25) is 0 Å². The fourth-order valence-electron chi connectivity index (χ4n) is 1.92. The van der Waals surface area contributed by atoms with E-state index in [1.165, 1.54) is 7.11 Å². The first-order valence-electron chi connectivity index (χ1n) is 6.44. The summed E-state index contributed by atoms with van der Waals surface area (Å²) in [6, 6.07) is 10.4. The summed E-state index contributed by atoms with van der Waals surface area (Å²) in [6.07, 6.45) is 3.17. The minimum Gasteiger partial charge on any atom is -0.465 e. The highest BCUT2D eigenvalue weighted by atomic mass is 16.5. The lowest BCUT2D eigenvalue weighted by atomic mass is 10.1. The zero-order valence-electron chi connectivity index (χ0n) is 11.9. The summed E-state index contributed by atoms with van der Waals surface area (Å²) in [5.74, 6) is -0.471. The average Bonchev–Trinajstić information content (AvgIpc) is 2.55. The molecule has 1 amide bonds. The molecule has 5 nitrogen and oxygen atoms in total. The Morgan fingerprint density at radius 3 is 2.43 bits per heavy atom. The van der Waals surface area contributed by atoms with Gasteiger partial charge in [-0.05, 0) is 29.8 Å². The van der Waals surface area contributed by atoms with Crippen molar-refractivity contribution in [3.8, 4) is 0 Å². The standard InChI is InChI=1S/C16H16N2O3/c1-18(15(19)14-4-3-9-17-10-14)11-12-5-7-13(8-6-12)16(20)21-2/h3-10H,11H2,1-2H3. The van der Waals surface area contributed by atoms with Crippen LogP contribution in [0.4, 0.5) is 0 Å². The molecular weight excluding hydrogens is 268 g/mol. The molecule has 1 heterocycles. The molecule has 0 radical (unpaired) electrons. The lowest BCUT2D eigenvalue weighted by Crippen LogP contribution is -2.26. The van der Waals surface area contributed by atoms with Crippen molar-refractivity contribution >= 4 is 11.9 Å². The maximum absolute atomic E-state index is 12.2. The van der Waals surface area contributed by atoms with Crippen LogP contribution in [0.1, 0.15) is 26.3 Å². The molecule has 2 rings (SSSR count). The second-order valence-corrected chi connectivity index (χ2v) is 4.59. The molecule has 5 heteroatoms. The van der Waals surface area contributed by atoms with Crippen LogP contribution in [0.15, 0.2) is 48.8 Å². The smallest absolute Gasteiger partial charge is 0.337 e. The lowest BCUT2D eigenvalue weighted by molar-refractivity contribution is 0.0600. The molecule has 1 aromatic carbocycles. The van der Waals surface area contributed by atoms with Gasteiger partial charge in [0.1, 0.15) is 0 Å². The van der Waals surface area contributed by atoms with E-state index >= 15 is 0 Å². The number of pyridine rings is 1. The van der Waals surface area contributed by atoms with Gasteiger partial charge in [-0.3, -0.25) is 9.78 Å². The van der Waals surface area contributed by atoms with Gasteiger partial charge in [-0.2, -0.15) is 0 Å². The van der Waals surface area contributed by atoms with Crippen molar-refractivity contribution in [2.24, 2.45) is 0 Å². The topological polar surface area (TPSA) is 59.5 Å². The second-order valence-electron chi connectivity index (χ2n) is 4.59. The highest BCUT2D eigenvalue weighted by molar-refractivity contribution is 5.93. The SMILES string of the molecule is COC(=O)c1ccc(CN(C)C(=O)c2cccnc2)cc1. The van der Waals surface area contributed by atoms with Crippen LogP contribution < -0.4 is 0 Å². The van der Waals surface area contributed by atoms with Crippen LogP contribution in [-0.2, 0) is 11.3 Å². The minimum absolute atomic E-state index is 0.0971. The first kappa shape index (κ1) is 14.7. The molecule has 0 unspecified atom stereocenters. The largest absolute Gasteiger partial charge is 0.465 e. The lowest BCUT2D eigenvalue weighted by Gasteiger charge is -2.17. The number of carbonyl (C=O) groups excluding carboxylic acids is 2. The summed E-state index contributed by atoms with van der Waals surface area (Å²) in [4.78, 5) is 29.1. The van der Waals surface area contributed by atoms with Gasteiger partial charge >= 0.3 is 5.97 Å². The van der Waals surface area contributed by atoms with E-state index < -0.39 is 0 Å². The molecule has 0 bridgehead atoms. The van der Waals surface area contributed by atoms with Crippen molar-refractivity contribution in [2.75, 3.05) is 14.2 Å². The van der Waals surface area contributed by atoms with E-state index in [-0.39, 0.29) is 11.9 Å². The van der Waals surface area contributed by atoms with E-state index in [1.807, 2.05) is 0 Å². The third-order valence-electron chi connectivity index (χ3n) is 3.05. The predicted molar refractivity (Wildman–Crippen MR) is 77.8 cm³/mol. The van der Waals surface area contributed by atoms with E-state index in [0.717, 1.165) is 5.56 Å². The maximum atomic E-state index is 12.2. The summed E-state index contributed by atoms with van der Waals surface area (Å²) >= 11 is 0. The second kappa shape index (κ2) is 6.65. The maximum Gasteiger partial charge on any atom is 0.337 e. The molecular formula is C16H16N2O3. The first-order chi connectivity index (χ1) is 10.1. The monoisotopic (exact) mass is 284 g/mol. The fourth-order valence-corrected chi connectivity index (χ4v) is 1.92. The summed E-state index contributed by atoms with van der Waals surface area (Å²) in [6.45, 7) is 0.454. The Labute approximate surface area is 123 Å². The molecule has 2 aromatic rings.